The third-order valence-electron chi connectivity index (χ3n) is 2.98. The minimum atomic E-state index is 0.0839. The van der Waals surface area contributed by atoms with E-state index in [0.717, 1.165) is 32.8 Å². The van der Waals surface area contributed by atoms with Crippen molar-refractivity contribution in [3.63, 3.8) is 0 Å². The summed E-state index contributed by atoms with van der Waals surface area (Å²) in [5.74, 6) is 0. The van der Waals surface area contributed by atoms with Gasteiger partial charge in [-0.25, -0.2) is 0 Å². The predicted octanol–water partition coefficient (Wildman–Crippen LogP) is 1.52. The molecule has 0 aliphatic carbocycles. The van der Waals surface area contributed by atoms with Gasteiger partial charge in [-0.2, -0.15) is 0 Å². The molecule has 3 nitrogen and oxygen atoms in total. The topological polar surface area (TPSA) is 33.3 Å². The van der Waals surface area contributed by atoms with Crippen molar-refractivity contribution in [3.8, 4) is 0 Å². The second kappa shape index (κ2) is 5.27. The van der Waals surface area contributed by atoms with E-state index in [1.54, 1.807) is 0 Å². The minimum Gasteiger partial charge on any atom is -0.371 e. The Kier molecular flexibility index (Phi) is 3.97. The summed E-state index contributed by atoms with van der Waals surface area (Å²) in [6.07, 6.45) is 0. The van der Waals surface area contributed by atoms with Crippen LogP contribution >= 0.6 is 11.3 Å². The average Bonchev–Trinajstić information content (AvgIpc) is 2.61. The first-order valence-corrected chi connectivity index (χ1v) is 6.66. The van der Waals surface area contributed by atoms with Crippen molar-refractivity contribution in [2.75, 3.05) is 26.2 Å². The van der Waals surface area contributed by atoms with Gasteiger partial charge in [-0.1, -0.05) is 0 Å². The van der Waals surface area contributed by atoms with Gasteiger partial charge in [0.25, 0.3) is 0 Å². The van der Waals surface area contributed by atoms with Gasteiger partial charge in [-0.3, -0.25) is 0 Å². The van der Waals surface area contributed by atoms with E-state index >= 15 is 0 Å². The Morgan fingerprint density at radius 3 is 2.94 bits per heavy atom. The van der Waals surface area contributed by atoms with Gasteiger partial charge in [-0.05, 0) is 30.9 Å². The third-order valence-corrected chi connectivity index (χ3v) is 4.00. The molecular formula is C12H20N2OS. The number of nitrogens with one attached hydrogen (secondary N) is 2. The van der Waals surface area contributed by atoms with Crippen molar-refractivity contribution in [1.29, 1.82) is 0 Å². The Bertz CT molecular complexity index is 334. The number of hydrogen-bond acceptors (Lipinski definition) is 4. The van der Waals surface area contributed by atoms with Crippen molar-refractivity contribution >= 4 is 11.3 Å². The fourth-order valence-electron chi connectivity index (χ4n) is 1.74. The molecule has 1 aliphatic rings. The van der Waals surface area contributed by atoms with E-state index in [9.17, 15) is 0 Å². The molecule has 16 heavy (non-hydrogen) atoms. The lowest BCUT2D eigenvalue weighted by Crippen LogP contribution is -2.59. The highest BCUT2D eigenvalue weighted by atomic mass is 32.1. The van der Waals surface area contributed by atoms with Gasteiger partial charge in [0.05, 0.1) is 12.2 Å². The molecule has 4 heteroatoms. The van der Waals surface area contributed by atoms with Crippen LogP contribution in [0.25, 0.3) is 0 Å². The summed E-state index contributed by atoms with van der Waals surface area (Å²) >= 11 is 1.82. The fraction of sp³-hybridized carbons (Fsp3) is 0.667. The van der Waals surface area contributed by atoms with E-state index < -0.39 is 0 Å². The fourth-order valence-corrected chi connectivity index (χ4v) is 2.61. The molecule has 1 fully saturated rings. The Morgan fingerprint density at radius 2 is 2.38 bits per heavy atom. The van der Waals surface area contributed by atoms with E-state index in [2.05, 4.69) is 35.9 Å². The lowest BCUT2D eigenvalue weighted by Gasteiger charge is -2.39. The summed E-state index contributed by atoms with van der Waals surface area (Å²) in [5, 5.41) is 8.79. The Labute approximate surface area is 101 Å². The Balaban J connectivity index is 1.57. The number of thiophene rings is 1. The van der Waals surface area contributed by atoms with E-state index in [-0.39, 0.29) is 5.60 Å². The molecule has 0 unspecified atom stereocenters. The minimum absolute atomic E-state index is 0.0839. The normalized spacial score (nSPS) is 18.4. The van der Waals surface area contributed by atoms with Crippen LogP contribution in [0.4, 0.5) is 0 Å². The van der Waals surface area contributed by atoms with Crippen LogP contribution in [0.15, 0.2) is 11.4 Å². The maximum absolute atomic E-state index is 5.79. The maximum atomic E-state index is 5.79. The van der Waals surface area contributed by atoms with Crippen LogP contribution in [0.2, 0.25) is 0 Å². The van der Waals surface area contributed by atoms with Crippen LogP contribution in [0.5, 0.6) is 0 Å². The zero-order valence-electron chi connectivity index (χ0n) is 10.0. The smallest absolute Gasteiger partial charge is 0.0902 e. The van der Waals surface area contributed by atoms with Gasteiger partial charge in [-0.15, -0.1) is 11.3 Å². The standard InChI is InChI=1S/C12H20N2OS/c1-10-3-6-16-11(10)7-13-4-5-15-12(2)8-14-9-12/h3,6,13-14H,4-5,7-9H2,1-2H3. The molecule has 1 saturated heterocycles. The Morgan fingerprint density at radius 1 is 1.56 bits per heavy atom. The molecule has 1 aromatic heterocycles. The van der Waals surface area contributed by atoms with E-state index in [4.69, 9.17) is 4.74 Å². The molecule has 0 atom stereocenters. The molecule has 0 aromatic carbocycles. The largest absolute Gasteiger partial charge is 0.371 e. The van der Waals surface area contributed by atoms with Gasteiger partial charge in [0, 0.05) is 31.1 Å². The molecule has 2 rings (SSSR count). The molecule has 2 heterocycles. The van der Waals surface area contributed by atoms with Crippen LogP contribution in [0.1, 0.15) is 17.4 Å². The van der Waals surface area contributed by atoms with Crippen molar-refractivity contribution in [3.05, 3.63) is 21.9 Å². The van der Waals surface area contributed by atoms with Gasteiger partial charge in [0.1, 0.15) is 0 Å². The average molecular weight is 240 g/mol. The van der Waals surface area contributed by atoms with Gasteiger partial charge in [0.2, 0.25) is 0 Å². The molecule has 1 aromatic rings. The predicted molar refractivity (Wildman–Crippen MR) is 68.0 cm³/mol. The summed E-state index contributed by atoms with van der Waals surface area (Å²) in [6, 6.07) is 2.17. The zero-order valence-corrected chi connectivity index (χ0v) is 10.8. The molecule has 0 spiro atoms. The molecular weight excluding hydrogens is 220 g/mol. The highest BCUT2D eigenvalue weighted by molar-refractivity contribution is 7.10. The molecule has 1 aliphatic heterocycles. The van der Waals surface area contributed by atoms with Gasteiger partial charge in [0.15, 0.2) is 0 Å². The van der Waals surface area contributed by atoms with Crippen LogP contribution in [0, 0.1) is 6.92 Å². The maximum Gasteiger partial charge on any atom is 0.0902 e. The van der Waals surface area contributed by atoms with Crippen LogP contribution in [-0.2, 0) is 11.3 Å². The van der Waals surface area contributed by atoms with E-state index in [1.807, 2.05) is 11.3 Å². The van der Waals surface area contributed by atoms with Crippen molar-refractivity contribution in [2.45, 2.75) is 26.0 Å². The van der Waals surface area contributed by atoms with Crippen molar-refractivity contribution in [1.82, 2.24) is 10.6 Å². The summed E-state index contributed by atoms with van der Waals surface area (Å²) in [7, 11) is 0. The Hall–Kier alpha value is -0.420. The molecule has 0 bridgehead atoms. The molecule has 2 N–H and O–H groups in total. The number of ether oxygens (including phenoxy) is 1. The lowest BCUT2D eigenvalue weighted by atomic mass is 10.0. The van der Waals surface area contributed by atoms with E-state index in [1.165, 1.54) is 10.4 Å². The van der Waals surface area contributed by atoms with Crippen LogP contribution in [-0.4, -0.2) is 31.8 Å². The molecule has 0 amide bonds. The number of hydrogen-bond donors (Lipinski definition) is 2. The van der Waals surface area contributed by atoms with Crippen molar-refractivity contribution in [2.24, 2.45) is 0 Å². The number of aryl methyl sites for hydroxylation is 1. The highest BCUT2D eigenvalue weighted by Crippen LogP contribution is 2.15. The first-order valence-electron chi connectivity index (χ1n) is 5.78. The van der Waals surface area contributed by atoms with Crippen LogP contribution < -0.4 is 10.6 Å². The van der Waals surface area contributed by atoms with Gasteiger partial charge < -0.3 is 15.4 Å². The van der Waals surface area contributed by atoms with Crippen molar-refractivity contribution < 1.29 is 4.74 Å². The molecule has 90 valence electrons. The summed E-state index contributed by atoms with van der Waals surface area (Å²) in [4.78, 5) is 1.43. The second-order valence-electron chi connectivity index (χ2n) is 4.61. The van der Waals surface area contributed by atoms with Gasteiger partial charge >= 0.3 is 0 Å². The summed E-state index contributed by atoms with van der Waals surface area (Å²) in [6.45, 7) is 8.96. The summed E-state index contributed by atoms with van der Waals surface area (Å²) < 4.78 is 5.79. The second-order valence-corrected chi connectivity index (χ2v) is 5.61. The molecule has 0 radical (unpaired) electrons. The summed E-state index contributed by atoms with van der Waals surface area (Å²) in [5.41, 5.74) is 1.47. The highest BCUT2D eigenvalue weighted by Gasteiger charge is 2.31. The first-order chi connectivity index (χ1) is 7.70. The third kappa shape index (κ3) is 3.04. The number of rotatable bonds is 6. The quantitative estimate of drug-likeness (QED) is 0.740. The molecule has 0 saturated carbocycles. The SMILES string of the molecule is Cc1ccsc1CNCCOC1(C)CNC1. The van der Waals surface area contributed by atoms with E-state index in [0.29, 0.717) is 0 Å². The van der Waals surface area contributed by atoms with Crippen LogP contribution in [0.3, 0.4) is 0 Å². The lowest BCUT2D eigenvalue weighted by molar-refractivity contribution is -0.0648. The zero-order chi connectivity index (χ0) is 11.4. The monoisotopic (exact) mass is 240 g/mol. The first kappa shape index (κ1) is 12.0.